The largest absolute Gasteiger partial charge is 0.507 e. The predicted molar refractivity (Wildman–Crippen MR) is 190 cm³/mol. The topological polar surface area (TPSA) is 199 Å². The Morgan fingerprint density at radius 1 is 0.923 bits per heavy atom. The van der Waals surface area contributed by atoms with Crippen LogP contribution in [0.5, 0.6) is 28.7 Å². The van der Waals surface area contributed by atoms with Gasteiger partial charge in [0.15, 0.2) is 28.8 Å². The van der Waals surface area contributed by atoms with E-state index in [1.807, 2.05) is 0 Å². The van der Waals surface area contributed by atoms with Crippen LogP contribution in [0.15, 0.2) is 59.9 Å². The van der Waals surface area contributed by atoms with Crippen molar-refractivity contribution < 1.29 is 53.1 Å². The number of methoxy groups -OCH3 is 3. The van der Waals surface area contributed by atoms with Crippen molar-refractivity contribution in [3.8, 4) is 28.7 Å². The number of aliphatic hydroxyl groups excluding tert-OH is 1. The van der Waals surface area contributed by atoms with Crippen LogP contribution in [0.4, 0.5) is 11.4 Å². The van der Waals surface area contributed by atoms with Crippen LogP contribution < -0.4 is 34.9 Å². The molecule has 1 heterocycles. The summed E-state index contributed by atoms with van der Waals surface area (Å²) in [4.78, 5) is 65.5. The summed E-state index contributed by atoms with van der Waals surface area (Å²) in [6.45, 7) is 2.89. The Morgan fingerprint density at radius 2 is 1.56 bits per heavy atom. The van der Waals surface area contributed by atoms with Crippen molar-refractivity contribution >= 4 is 52.3 Å². The minimum absolute atomic E-state index is 0.0350. The Balaban J connectivity index is 1.44. The molecule has 15 heteroatoms. The second kappa shape index (κ2) is 15.2. The standard InChI is InChI=1S/C37H38ClN3O11/c1-18-14-25(44)31(35(47)37(18)36(48)32-27(50-4)17-28(51-5)33(38)34(32)52-37)23(20-6-11-24(43)26(15-20)49-3)16-30(46)39-13-12-29(45)41-22-9-7-21(8-10-22)40-19(2)42/h6-11,15,17-18,23,43,47H,12-14,16H2,1-5H3,(H,39,46)(H,40,42)(H,41,45). The Bertz CT molecular complexity index is 1980. The van der Waals surface area contributed by atoms with E-state index in [0.717, 1.165) is 0 Å². The number of hydrogen-bond donors (Lipinski definition) is 5. The SMILES string of the molecule is COc1cc(C(CC(=O)NCCC(=O)Nc2ccc(NC(C)=O)cc2)C2=C(O)C3(Oc4c(Cl)c(OC)cc(OC)c4C3=O)C(C)CC2=O)ccc1O. The first-order valence-corrected chi connectivity index (χ1v) is 16.6. The van der Waals surface area contributed by atoms with Crippen LogP contribution in [0, 0.1) is 5.92 Å². The van der Waals surface area contributed by atoms with Crippen LogP contribution in [0.2, 0.25) is 5.02 Å². The van der Waals surface area contributed by atoms with E-state index in [9.17, 15) is 34.2 Å². The molecular weight excluding hydrogens is 698 g/mol. The maximum atomic E-state index is 14.3. The van der Waals surface area contributed by atoms with Gasteiger partial charge in [-0.1, -0.05) is 24.6 Å². The molecule has 0 aromatic heterocycles. The molecule has 0 saturated heterocycles. The molecule has 3 aromatic carbocycles. The van der Waals surface area contributed by atoms with Crippen molar-refractivity contribution in [2.75, 3.05) is 38.5 Å². The van der Waals surface area contributed by atoms with Gasteiger partial charge >= 0.3 is 0 Å². The number of benzene rings is 3. The van der Waals surface area contributed by atoms with Crippen molar-refractivity contribution in [2.45, 2.75) is 44.6 Å². The molecule has 0 radical (unpaired) electrons. The van der Waals surface area contributed by atoms with Crippen molar-refractivity contribution in [3.63, 3.8) is 0 Å². The Labute approximate surface area is 304 Å². The molecule has 0 fully saturated rings. The lowest BCUT2D eigenvalue weighted by Gasteiger charge is -2.38. The number of nitrogens with one attached hydrogen (secondary N) is 3. The van der Waals surface area contributed by atoms with E-state index < -0.39 is 53.0 Å². The Kier molecular flexibility index (Phi) is 11.0. The quantitative estimate of drug-likeness (QED) is 0.166. The van der Waals surface area contributed by atoms with Gasteiger partial charge in [-0.25, -0.2) is 0 Å². The van der Waals surface area contributed by atoms with Crippen LogP contribution in [0.3, 0.4) is 0 Å². The molecule has 1 aliphatic heterocycles. The summed E-state index contributed by atoms with van der Waals surface area (Å²) < 4.78 is 22.3. The molecule has 3 amide bonds. The summed E-state index contributed by atoms with van der Waals surface area (Å²) in [6, 6.07) is 12.1. The van der Waals surface area contributed by atoms with E-state index in [1.165, 1.54) is 52.5 Å². The van der Waals surface area contributed by atoms with Crippen molar-refractivity contribution in [2.24, 2.45) is 5.92 Å². The monoisotopic (exact) mass is 735 g/mol. The van der Waals surface area contributed by atoms with Crippen LogP contribution >= 0.6 is 11.6 Å². The lowest BCUT2D eigenvalue weighted by Crippen LogP contribution is -2.53. The lowest BCUT2D eigenvalue weighted by atomic mass is 9.69. The maximum Gasteiger partial charge on any atom is 0.231 e. The zero-order chi connectivity index (χ0) is 37.9. The number of anilines is 2. The Hall–Kier alpha value is -5.76. The van der Waals surface area contributed by atoms with Crippen LogP contribution in [-0.2, 0) is 19.2 Å². The van der Waals surface area contributed by atoms with E-state index in [2.05, 4.69) is 16.0 Å². The first-order chi connectivity index (χ1) is 24.7. The highest BCUT2D eigenvalue weighted by Gasteiger charge is 2.61. The van der Waals surface area contributed by atoms with Crippen molar-refractivity contribution in [1.82, 2.24) is 5.32 Å². The molecule has 3 atom stereocenters. The van der Waals surface area contributed by atoms with Gasteiger partial charge in [0.2, 0.25) is 29.1 Å². The zero-order valence-electron chi connectivity index (χ0n) is 29.0. The van der Waals surface area contributed by atoms with Crippen LogP contribution in [0.25, 0.3) is 0 Å². The van der Waals surface area contributed by atoms with Crippen molar-refractivity contribution in [1.29, 1.82) is 0 Å². The number of ether oxygens (including phenoxy) is 4. The molecule has 1 spiro atoms. The van der Waals surface area contributed by atoms with E-state index in [1.54, 1.807) is 31.2 Å². The normalized spacial score (nSPS) is 18.3. The number of Topliss-reactive ketones (excluding diaryl/α,β-unsaturated/α-hetero) is 2. The molecule has 5 N–H and O–H groups in total. The van der Waals surface area contributed by atoms with Crippen molar-refractivity contribution in [3.05, 3.63) is 76.0 Å². The van der Waals surface area contributed by atoms with E-state index in [-0.39, 0.29) is 70.2 Å². The van der Waals surface area contributed by atoms with Gasteiger partial charge in [-0.15, -0.1) is 0 Å². The van der Waals surface area contributed by atoms with Gasteiger partial charge in [0.25, 0.3) is 0 Å². The fraction of sp³-hybridized carbons (Fsp3) is 0.324. The first-order valence-electron chi connectivity index (χ1n) is 16.2. The molecule has 52 heavy (non-hydrogen) atoms. The van der Waals surface area contributed by atoms with E-state index in [4.69, 9.17) is 30.5 Å². The summed E-state index contributed by atoms with van der Waals surface area (Å²) in [5.74, 6) is -5.17. The zero-order valence-corrected chi connectivity index (χ0v) is 29.8. The summed E-state index contributed by atoms with van der Waals surface area (Å²) in [6.07, 6.45) is -0.749. The number of phenolic OH excluding ortho intramolecular Hbond substituents is 1. The summed E-state index contributed by atoms with van der Waals surface area (Å²) >= 11 is 6.57. The number of allylic oxidation sites excluding steroid dienone is 1. The van der Waals surface area contributed by atoms with Gasteiger partial charge in [0.05, 0.1) is 21.3 Å². The molecular formula is C37H38ClN3O11. The predicted octanol–water partition coefficient (Wildman–Crippen LogP) is 5.08. The third-order valence-corrected chi connectivity index (χ3v) is 9.38. The number of amides is 3. The average Bonchev–Trinajstić information content (AvgIpc) is 3.42. The third-order valence-electron chi connectivity index (χ3n) is 9.02. The van der Waals surface area contributed by atoms with Gasteiger partial charge in [0.1, 0.15) is 22.1 Å². The molecule has 0 saturated carbocycles. The number of hydrogen-bond acceptors (Lipinski definition) is 11. The van der Waals surface area contributed by atoms with Gasteiger partial charge in [-0.05, 0) is 42.0 Å². The number of rotatable bonds is 12. The highest BCUT2D eigenvalue weighted by atomic mass is 35.5. The third kappa shape index (κ3) is 7.06. The highest BCUT2D eigenvalue weighted by molar-refractivity contribution is 6.35. The smallest absolute Gasteiger partial charge is 0.231 e. The maximum absolute atomic E-state index is 14.3. The minimum Gasteiger partial charge on any atom is -0.507 e. The second-order valence-electron chi connectivity index (χ2n) is 12.4. The number of aromatic hydroxyl groups is 1. The molecule has 1 aliphatic carbocycles. The van der Waals surface area contributed by atoms with E-state index in [0.29, 0.717) is 16.9 Å². The molecule has 3 aromatic rings. The lowest BCUT2D eigenvalue weighted by molar-refractivity contribution is -0.122. The fourth-order valence-electron chi connectivity index (χ4n) is 6.47. The summed E-state index contributed by atoms with van der Waals surface area (Å²) in [5, 5.41) is 30.4. The number of carbonyl (C=O) groups excluding carboxylic acids is 5. The summed E-state index contributed by atoms with van der Waals surface area (Å²) in [5.41, 5.74) is -1.02. The average molecular weight is 736 g/mol. The van der Waals surface area contributed by atoms with Gasteiger partial charge in [0, 0.05) is 67.6 Å². The summed E-state index contributed by atoms with van der Waals surface area (Å²) in [7, 11) is 4.05. The second-order valence-corrected chi connectivity index (χ2v) is 12.7. The number of phenols is 1. The first kappa shape index (κ1) is 37.5. The number of aliphatic hydroxyl groups is 1. The molecule has 274 valence electrons. The highest BCUT2D eigenvalue weighted by Crippen LogP contribution is 2.56. The number of ketones is 2. The van der Waals surface area contributed by atoms with Crippen LogP contribution in [0.1, 0.15) is 54.9 Å². The number of halogens is 1. The molecule has 0 bridgehead atoms. The molecule has 3 unspecified atom stereocenters. The van der Waals surface area contributed by atoms with Gasteiger partial charge < -0.3 is 45.1 Å². The van der Waals surface area contributed by atoms with E-state index >= 15 is 0 Å². The molecule has 5 rings (SSSR count). The Morgan fingerprint density at radius 3 is 2.17 bits per heavy atom. The number of carbonyl (C=O) groups is 5. The minimum atomic E-state index is -2.09. The van der Waals surface area contributed by atoms with Gasteiger partial charge in [-0.2, -0.15) is 0 Å². The fourth-order valence-corrected chi connectivity index (χ4v) is 6.74. The van der Waals surface area contributed by atoms with Crippen LogP contribution in [-0.4, -0.2) is 73.0 Å². The van der Waals surface area contributed by atoms with Gasteiger partial charge in [-0.3, -0.25) is 24.0 Å². The molecule has 2 aliphatic rings. The molecule has 14 nitrogen and oxygen atoms in total. The number of fused-ring (bicyclic) bond motifs is 1.